The van der Waals surface area contributed by atoms with Crippen molar-refractivity contribution in [1.29, 1.82) is 0 Å². The number of ether oxygens (including phenoxy) is 2. The Morgan fingerprint density at radius 2 is 1.81 bits per heavy atom. The summed E-state index contributed by atoms with van der Waals surface area (Å²) in [6.07, 6.45) is 0.976. The first-order chi connectivity index (χ1) is 17.5. The van der Waals surface area contributed by atoms with Gasteiger partial charge in [0.15, 0.2) is 11.5 Å². The van der Waals surface area contributed by atoms with Crippen LogP contribution in [0.5, 0.6) is 11.5 Å². The zero-order valence-electron chi connectivity index (χ0n) is 19.7. The van der Waals surface area contributed by atoms with Crippen molar-refractivity contribution in [3.63, 3.8) is 0 Å². The van der Waals surface area contributed by atoms with Gasteiger partial charge in [0.1, 0.15) is 0 Å². The molecule has 1 aliphatic rings. The average molecular weight is 566 g/mol. The summed E-state index contributed by atoms with van der Waals surface area (Å²) in [5.74, 6) is 0.659. The fraction of sp³-hybridized carbons (Fsp3) is 0.154. The number of aromatic nitrogens is 3. The fourth-order valence-electron chi connectivity index (χ4n) is 4.43. The predicted octanol–water partition coefficient (Wildman–Crippen LogP) is 4.43. The first kappa shape index (κ1) is 24.1. The molecule has 3 aromatic carbocycles. The molecule has 1 amide bonds. The van der Waals surface area contributed by atoms with Gasteiger partial charge in [0.25, 0.3) is 12.1 Å². The number of thioether (sulfide) groups is 1. The first-order valence-electron chi connectivity index (χ1n) is 11.0. The second-order valence-electron chi connectivity index (χ2n) is 7.92. The number of hydrogen-bond donors (Lipinski definition) is 1. The molecule has 182 valence electrons. The highest BCUT2D eigenvalue weighted by molar-refractivity contribution is 9.10. The molecule has 4 aromatic rings. The molecule has 36 heavy (non-hydrogen) atoms. The van der Waals surface area contributed by atoms with Gasteiger partial charge in [-0.1, -0.05) is 58.0 Å². The molecule has 1 aromatic heterocycles. The van der Waals surface area contributed by atoms with E-state index in [1.807, 2.05) is 54.8 Å². The Bertz CT molecular complexity index is 1530. The normalized spacial score (nSPS) is 14.1. The highest BCUT2D eigenvalue weighted by Crippen LogP contribution is 2.44. The van der Waals surface area contributed by atoms with E-state index in [0.29, 0.717) is 44.7 Å². The zero-order valence-corrected chi connectivity index (χ0v) is 22.1. The van der Waals surface area contributed by atoms with Crippen LogP contribution in [0.3, 0.4) is 0 Å². The van der Waals surface area contributed by atoms with Crippen LogP contribution < -0.4 is 24.6 Å². The van der Waals surface area contributed by atoms with Gasteiger partial charge in [0, 0.05) is 15.1 Å². The molecule has 0 spiro atoms. The number of methoxy groups -OCH3 is 2. The first-order valence-corrected chi connectivity index (χ1v) is 13.0. The number of halogens is 1. The number of nitrogens with zero attached hydrogens (tertiary/aromatic N) is 3. The van der Waals surface area contributed by atoms with Crippen molar-refractivity contribution in [2.24, 2.45) is 0 Å². The second-order valence-corrected chi connectivity index (χ2v) is 9.63. The Morgan fingerprint density at radius 3 is 2.50 bits per heavy atom. The van der Waals surface area contributed by atoms with E-state index < -0.39 is 6.17 Å². The molecule has 0 fully saturated rings. The molecule has 2 heterocycles. The molecular formula is C26H22BrN4O4S+. The van der Waals surface area contributed by atoms with Crippen LogP contribution in [0.25, 0.3) is 11.3 Å². The number of hydrogen-bond acceptors (Lipinski definition) is 6. The number of H-pyrrole nitrogens is 1. The predicted molar refractivity (Wildman–Crippen MR) is 141 cm³/mol. The number of carbonyl (C=O) groups is 1. The van der Waals surface area contributed by atoms with Crippen molar-refractivity contribution in [3.05, 3.63) is 92.7 Å². The average Bonchev–Trinajstić information content (AvgIpc) is 2.91. The summed E-state index contributed by atoms with van der Waals surface area (Å²) < 4.78 is 13.7. The molecule has 0 radical (unpaired) electrons. The minimum atomic E-state index is -0.850. The van der Waals surface area contributed by atoms with E-state index in [-0.39, 0.29) is 11.5 Å². The molecule has 0 saturated heterocycles. The molecule has 0 bridgehead atoms. The standard InChI is InChI=1S/C26H21BrN4O4S/c1-34-20-14-16(27)13-18(22(20)35-2)24-30(25(33)15-9-5-4-6-10-15)19-12-8-7-11-17(19)21-23(32)28-26(36-3)29-31(21)24/h4-14,24H,1-3H3/p+1. The van der Waals surface area contributed by atoms with Gasteiger partial charge in [-0.3, -0.25) is 14.6 Å². The van der Waals surface area contributed by atoms with Gasteiger partial charge in [-0.2, -0.15) is 0 Å². The van der Waals surface area contributed by atoms with Gasteiger partial charge in [0.2, 0.25) is 5.16 Å². The molecule has 8 nitrogen and oxygen atoms in total. The minimum absolute atomic E-state index is 0.250. The van der Waals surface area contributed by atoms with Crippen LogP contribution in [0.15, 0.2) is 81.2 Å². The van der Waals surface area contributed by atoms with Gasteiger partial charge in [0.05, 0.1) is 31.0 Å². The van der Waals surface area contributed by atoms with E-state index in [4.69, 9.17) is 14.6 Å². The van der Waals surface area contributed by atoms with Crippen molar-refractivity contribution in [2.45, 2.75) is 11.3 Å². The third kappa shape index (κ3) is 3.96. The smallest absolute Gasteiger partial charge is 0.325 e. The van der Waals surface area contributed by atoms with Crippen molar-refractivity contribution >= 4 is 39.3 Å². The van der Waals surface area contributed by atoms with Crippen molar-refractivity contribution in [2.75, 3.05) is 25.4 Å². The van der Waals surface area contributed by atoms with Gasteiger partial charge in [-0.15, -0.1) is 0 Å². The molecule has 1 atom stereocenters. The van der Waals surface area contributed by atoms with Gasteiger partial charge in [-0.05, 0) is 47.3 Å². The Labute approximate surface area is 220 Å². The largest absolute Gasteiger partial charge is 0.493 e. The van der Waals surface area contributed by atoms with Crippen molar-refractivity contribution < 1.29 is 19.0 Å². The molecule has 0 aliphatic carbocycles. The van der Waals surface area contributed by atoms with Crippen LogP contribution in [0.4, 0.5) is 5.69 Å². The summed E-state index contributed by atoms with van der Waals surface area (Å²) >= 11 is 4.86. The topological polar surface area (TPSA) is 88.4 Å². The van der Waals surface area contributed by atoms with Gasteiger partial charge >= 0.3 is 11.3 Å². The van der Waals surface area contributed by atoms with E-state index in [2.05, 4.69) is 20.9 Å². The Hall–Kier alpha value is -3.63. The van der Waals surface area contributed by atoms with Crippen LogP contribution in [0, 0.1) is 0 Å². The van der Waals surface area contributed by atoms with E-state index in [0.717, 1.165) is 4.47 Å². The zero-order chi connectivity index (χ0) is 25.4. The molecule has 1 aliphatic heterocycles. The third-order valence-corrected chi connectivity index (χ3v) is 6.97. The molecule has 0 saturated carbocycles. The summed E-state index contributed by atoms with van der Waals surface area (Å²) in [7, 11) is 3.09. The molecule has 1 unspecified atom stereocenters. The molecule has 5 rings (SSSR count). The number of nitrogens with one attached hydrogen (secondary N) is 1. The van der Waals surface area contributed by atoms with E-state index in [1.165, 1.54) is 11.8 Å². The lowest BCUT2D eigenvalue weighted by molar-refractivity contribution is -0.763. The maximum Gasteiger partial charge on any atom is 0.325 e. The Balaban J connectivity index is 1.90. The van der Waals surface area contributed by atoms with Gasteiger partial charge in [-0.25, -0.2) is 4.90 Å². The lowest BCUT2D eigenvalue weighted by atomic mass is 9.99. The quantitative estimate of drug-likeness (QED) is 0.284. The number of fused-ring (bicyclic) bond motifs is 3. The lowest BCUT2D eigenvalue weighted by Gasteiger charge is -2.33. The SMILES string of the molecule is COc1cc(Br)cc(C2N(C(=O)c3ccccc3)c3ccccc3-c3c(=O)[nH]c(SC)n[n+]32)c1OC. The molecular weight excluding hydrogens is 544 g/mol. The number of rotatable bonds is 5. The van der Waals surface area contributed by atoms with E-state index >= 15 is 0 Å². The van der Waals surface area contributed by atoms with Crippen molar-refractivity contribution in [1.82, 2.24) is 10.1 Å². The number of carbonyl (C=O) groups excluding carboxylic acids is 1. The number of benzene rings is 3. The molecule has 1 N–H and O–H groups in total. The summed E-state index contributed by atoms with van der Waals surface area (Å²) in [6, 6.07) is 20.0. The third-order valence-electron chi connectivity index (χ3n) is 5.94. The summed E-state index contributed by atoms with van der Waals surface area (Å²) in [4.78, 5) is 32.0. The van der Waals surface area contributed by atoms with Crippen LogP contribution in [-0.2, 0) is 0 Å². The van der Waals surface area contributed by atoms with E-state index in [9.17, 15) is 9.59 Å². The molecule has 10 heteroatoms. The Morgan fingerprint density at radius 1 is 1.08 bits per heavy atom. The summed E-state index contributed by atoms with van der Waals surface area (Å²) in [6.45, 7) is 0. The number of para-hydroxylation sites is 1. The van der Waals surface area contributed by atoms with Crippen LogP contribution in [0.2, 0.25) is 0 Å². The second kappa shape index (κ2) is 9.79. The number of amides is 1. The number of aromatic amines is 1. The highest BCUT2D eigenvalue weighted by Gasteiger charge is 2.47. The summed E-state index contributed by atoms with van der Waals surface area (Å²) in [5, 5.41) is 5.17. The van der Waals surface area contributed by atoms with Crippen LogP contribution >= 0.6 is 27.7 Å². The fourth-order valence-corrected chi connectivity index (χ4v) is 5.25. The van der Waals surface area contributed by atoms with Crippen molar-refractivity contribution in [3.8, 4) is 22.8 Å². The monoisotopic (exact) mass is 565 g/mol. The van der Waals surface area contributed by atoms with E-state index in [1.54, 1.807) is 42.0 Å². The maximum absolute atomic E-state index is 14.1. The van der Waals surface area contributed by atoms with Crippen LogP contribution in [-0.4, -0.2) is 36.5 Å². The van der Waals surface area contributed by atoms with Crippen LogP contribution in [0.1, 0.15) is 22.1 Å². The lowest BCUT2D eigenvalue weighted by Crippen LogP contribution is -2.61. The maximum atomic E-state index is 14.1. The highest BCUT2D eigenvalue weighted by atomic mass is 79.9. The van der Waals surface area contributed by atoms with Gasteiger partial charge < -0.3 is 9.47 Å². The number of anilines is 1. The minimum Gasteiger partial charge on any atom is -0.493 e. The summed E-state index contributed by atoms with van der Waals surface area (Å²) in [5.41, 5.74) is 2.31. The Kier molecular flexibility index (Phi) is 6.55.